The molecule has 21 heavy (non-hydrogen) atoms. The highest BCUT2D eigenvalue weighted by molar-refractivity contribution is 5.84. The van der Waals surface area contributed by atoms with Gasteiger partial charge in [0.2, 0.25) is 5.91 Å². The van der Waals surface area contributed by atoms with Crippen LogP contribution in [0.4, 0.5) is 0 Å². The molecule has 1 aromatic rings. The average molecular weight is 288 g/mol. The van der Waals surface area contributed by atoms with Crippen LogP contribution in [-0.4, -0.2) is 30.0 Å². The number of carbonyl (C=O) groups excluding carboxylic acids is 1. The van der Waals surface area contributed by atoms with Crippen LogP contribution < -0.4 is 10.1 Å². The van der Waals surface area contributed by atoms with Crippen molar-refractivity contribution in [1.29, 1.82) is 0 Å². The summed E-state index contributed by atoms with van der Waals surface area (Å²) in [6.07, 6.45) is 3.73. The summed E-state index contributed by atoms with van der Waals surface area (Å²) >= 11 is 0. The van der Waals surface area contributed by atoms with Gasteiger partial charge >= 0.3 is 0 Å². The maximum absolute atomic E-state index is 12.6. The molecule has 2 fully saturated rings. The average Bonchev–Trinajstić information content (AvgIpc) is 2.73. The number of hydrogen-bond donors (Lipinski definition) is 1. The molecule has 1 aromatic carbocycles. The van der Waals surface area contributed by atoms with Crippen molar-refractivity contribution in [2.45, 2.75) is 51.4 Å². The minimum atomic E-state index is -0.122. The van der Waals surface area contributed by atoms with Gasteiger partial charge in [-0.3, -0.25) is 10.1 Å². The van der Waals surface area contributed by atoms with E-state index in [-0.39, 0.29) is 18.1 Å². The molecule has 114 valence electrons. The third-order valence-corrected chi connectivity index (χ3v) is 4.99. The molecule has 4 heteroatoms. The Morgan fingerprint density at radius 2 is 2.14 bits per heavy atom. The lowest BCUT2D eigenvalue weighted by atomic mass is 9.79. The number of carbonyl (C=O) groups is 1. The first-order valence-electron chi connectivity index (χ1n) is 7.84. The van der Waals surface area contributed by atoms with Gasteiger partial charge < -0.3 is 9.64 Å². The summed E-state index contributed by atoms with van der Waals surface area (Å²) in [5.41, 5.74) is 1.10. The first kappa shape index (κ1) is 14.4. The summed E-state index contributed by atoms with van der Waals surface area (Å²) in [6, 6.07) is 8.16. The van der Waals surface area contributed by atoms with E-state index in [0.29, 0.717) is 12.0 Å². The van der Waals surface area contributed by atoms with Crippen molar-refractivity contribution < 1.29 is 9.53 Å². The van der Waals surface area contributed by atoms with E-state index in [1.54, 1.807) is 7.11 Å². The molecule has 1 N–H and O–H groups in total. The van der Waals surface area contributed by atoms with Crippen LogP contribution in [0.1, 0.15) is 44.8 Å². The Kier molecular flexibility index (Phi) is 3.89. The van der Waals surface area contributed by atoms with Crippen molar-refractivity contribution in [2.24, 2.45) is 5.92 Å². The van der Waals surface area contributed by atoms with Crippen molar-refractivity contribution in [3.05, 3.63) is 29.8 Å². The zero-order chi connectivity index (χ0) is 15.0. The molecular weight excluding hydrogens is 264 g/mol. The summed E-state index contributed by atoms with van der Waals surface area (Å²) < 4.78 is 5.31. The molecule has 4 nitrogen and oxygen atoms in total. The summed E-state index contributed by atoms with van der Waals surface area (Å²) in [6.45, 7) is 4.14. The quantitative estimate of drug-likeness (QED) is 0.926. The molecule has 3 unspecified atom stereocenters. The molecule has 1 saturated heterocycles. The molecule has 0 bridgehead atoms. The van der Waals surface area contributed by atoms with Crippen LogP contribution in [0.2, 0.25) is 0 Å². The molecule has 3 atom stereocenters. The van der Waals surface area contributed by atoms with Gasteiger partial charge in [-0.1, -0.05) is 18.6 Å². The van der Waals surface area contributed by atoms with Crippen molar-refractivity contribution >= 4 is 5.91 Å². The molecular formula is C17H24N2O2. The topological polar surface area (TPSA) is 41.6 Å². The zero-order valence-electron chi connectivity index (χ0n) is 13.0. The number of nitrogens with zero attached hydrogens (tertiary/aromatic N) is 1. The molecule has 1 aliphatic carbocycles. The van der Waals surface area contributed by atoms with E-state index < -0.39 is 0 Å². The molecule has 0 aromatic heterocycles. The minimum absolute atomic E-state index is 0.0433. The van der Waals surface area contributed by atoms with E-state index in [1.807, 2.05) is 30.0 Å². The second-order valence-electron chi connectivity index (χ2n) is 6.24. The first-order chi connectivity index (χ1) is 10.1. The van der Waals surface area contributed by atoms with Gasteiger partial charge in [0, 0.05) is 6.04 Å². The van der Waals surface area contributed by atoms with Crippen molar-refractivity contribution in [3.63, 3.8) is 0 Å². The monoisotopic (exact) mass is 288 g/mol. The van der Waals surface area contributed by atoms with Crippen LogP contribution >= 0.6 is 0 Å². The van der Waals surface area contributed by atoms with Crippen LogP contribution in [0.3, 0.4) is 0 Å². The number of nitrogens with one attached hydrogen (secondary N) is 1. The Morgan fingerprint density at radius 1 is 1.38 bits per heavy atom. The highest BCUT2D eigenvalue weighted by Gasteiger charge is 2.42. The fraction of sp³-hybridized carbons (Fsp3) is 0.588. The lowest BCUT2D eigenvalue weighted by Gasteiger charge is -2.40. The maximum atomic E-state index is 12.6. The number of hydrogen-bond acceptors (Lipinski definition) is 3. The van der Waals surface area contributed by atoms with Gasteiger partial charge in [0.05, 0.1) is 13.2 Å². The van der Waals surface area contributed by atoms with Crippen molar-refractivity contribution in [1.82, 2.24) is 10.2 Å². The SMILES string of the molecule is COc1cccc(C2NC(C)C(=O)N2C(C)C2CCC2)c1. The molecule has 1 saturated carbocycles. The number of benzene rings is 1. The summed E-state index contributed by atoms with van der Waals surface area (Å²) in [4.78, 5) is 14.6. The molecule has 1 heterocycles. The number of methoxy groups -OCH3 is 1. The Balaban J connectivity index is 1.88. The van der Waals surface area contributed by atoms with Crippen molar-refractivity contribution in [2.75, 3.05) is 7.11 Å². The third kappa shape index (κ3) is 2.53. The number of rotatable bonds is 4. The molecule has 0 spiro atoms. The number of ether oxygens (including phenoxy) is 1. The largest absolute Gasteiger partial charge is 0.497 e. The highest BCUT2D eigenvalue weighted by atomic mass is 16.5. The predicted molar refractivity (Wildman–Crippen MR) is 82.0 cm³/mol. The summed E-state index contributed by atoms with van der Waals surface area (Å²) in [5, 5.41) is 3.43. The summed E-state index contributed by atoms with van der Waals surface area (Å²) in [7, 11) is 1.67. The van der Waals surface area contributed by atoms with E-state index in [4.69, 9.17) is 4.74 Å². The third-order valence-electron chi connectivity index (χ3n) is 4.99. The Morgan fingerprint density at radius 3 is 2.76 bits per heavy atom. The lowest BCUT2D eigenvalue weighted by Crippen LogP contribution is -2.44. The smallest absolute Gasteiger partial charge is 0.241 e. The van der Waals surface area contributed by atoms with Crippen LogP contribution in [0.25, 0.3) is 0 Å². The van der Waals surface area contributed by atoms with Gasteiger partial charge in [0.15, 0.2) is 0 Å². The first-order valence-corrected chi connectivity index (χ1v) is 7.84. The Labute approximate surface area is 126 Å². The van der Waals surface area contributed by atoms with E-state index in [9.17, 15) is 4.79 Å². The minimum Gasteiger partial charge on any atom is -0.497 e. The molecule has 1 amide bonds. The fourth-order valence-electron chi connectivity index (χ4n) is 3.39. The van der Waals surface area contributed by atoms with E-state index >= 15 is 0 Å². The second-order valence-corrected chi connectivity index (χ2v) is 6.24. The van der Waals surface area contributed by atoms with Crippen LogP contribution in [0.15, 0.2) is 24.3 Å². The molecule has 1 aliphatic heterocycles. The van der Waals surface area contributed by atoms with Gasteiger partial charge in [-0.05, 0) is 50.3 Å². The van der Waals surface area contributed by atoms with E-state index in [2.05, 4.69) is 18.3 Å². The maximum Gasteiger partial charge on any atom is 0.241 e. The Bertz CT molecular complexity index is 527. The lowest BCUT2D eigenvalue weighted by molar-refractivity contribution is -0.133. The standard InChI is InChI=1S/C17H24N2O2/c1-11-17(20)19(12(2)13-6-4-7-13)16(18-11)14-8-5-9-15(10-14)21-3/h5,8-13,16,18H,4,6-7H2,1-3H3. The normalized spacial score (nSPS) is 27.6. The van der Waals surface area contributed by atoms with Gasteiger partial charge in [-0.25, -0.2) is 0 Å². The van der Waals surface area contributed by atoms with Gasteiger partial charge in [0.1, 0.15) is 11.9 Å². The predicted octanol–water partition coefficient (Wildman–Crippen LogP) is 2.70. The second kappa shape index (κ2) is 5.68. The van der Waals surface area contributed by atoms with Crippen LogP contribution in [0.5, 0.6) is 5.75 Å². The van der Waals surface area contributed by atoms with Gasteiger partial charge in [-0.2, -0.15) is 0 Å². The summed E-state index contributed by atoms with van der Waals surface area (Å²) in [5.74, 6) is 1.69. The van der Waals surface area contributed by atoms with Gasteiger partial charge in [0.25, 0.3) is 0 Å². The van der Waals surface area contributed by atoms with E-state index in [0.717, 1.165) is 11.3 Å². The fourth-order valence-corrected chi connectivity index (χ4v) is 3.39. The Hall–Kier alpha value is -1.55. The highest BCUT2D eigenvalue weighted by Crippen LogP contribution is 2.37. The zero-order valence-corrected chi connectivity index (χ0v) is 13.0. The van der Waals surface area contributed by atoms with Crippen LogP contribution in [0, 0.1) is 5.92 Å². The molecule has 0 radical (unpaired) electrons. The van der Waals surface area contributed by atoms with Crippen molar-refractivity contribution in [3.8, 4) is 5.75 Å². The van der Waals surface area contributed by atoms with E-state index in [1.165, 1.54) is 19.3 Å². The molecule has 2 aliphatic rings. The van der Waals surface area contributed by atoms with Crippen LogP contribution in [-0.2, 0) is 4.79 Å². The number of amides is 1. The molecule has 3 rings (SSSR count). The van der Waals surface area contributed by atoms with Gasteiger partial charge in [-0.15, -0.1) is 0 Å².